The van der Waals surface area contributed by atoms with Crippen molar-refractivity contribution in [2.75, 3.05) is 17.0 Å². The molecule has 1 aromatic rings. The maximum absolute atomic E-state index is 11.8. The van der Waals surface area contributed by atoms with Crippen LogP contribution in [0.2, 0.25) is 0 Å². The highest BCUT2D eigenvalue weighted by atomic mass is 79.9. The van der Waals surface area contributed by atoms with Gasteiger partial charge in [0.2, 0.25) is 10.0 Å². The molecular weight excluding hydrogens is 306 g/mol. The Morgan fingerprint density at radius 2 is 2.35 bits per heavy atom. The highest BCUT2D eigenvalue weighted by molar-refractivity contribution is 9.10. The average molecular weight is 320 g/mol. The first-order valence-corrected chi connectivity index (χ1v) is 7.85. The Morgan fingerprint density at radius 1 is 1.53 bits per heavy atom. The number of pyridine rings is 1. The van der Waals surface area contributed by atoms with Crippen molar-refractivity contribution in [3.05, 3.63) is 22.8 Å². The molecular formula is C10H14BrN3O2S. The summed E-state index contributed by atoms with van der Waals surface area (Å²) in [5, 5.41) is 3.16. The summed E-state index contributed by atoms with van der Waals surface area (Å²) in [5.74, 6) is 0.455. The highest BCUT2D eigenvalue weighted by Gasteiger charge is 2.22. The van der Waals surface area contributed by atoms with E-state index in [1.165, 1.54) is 0 Å². The fourth-order valence-electron chi connectivity index (χ4n) is 1.80. The number of sulfonamides is 1. The van der Waals surface area contributed by atoms with Crippen molar-refractivity contribution in [1.82, 2.24) is 10.3 Å². The maximum Gasteiger partial charge on any atom is 0.235 e. The summed E-state index contributed by atoms with van der Waals surface area (Å²) in [5.41, 5.74) is 0. The highest BCUT2D eigenvalue weighted by Crippen LogP contribution is 2.13. The second-order valence-electron chi connectivity index (χ2n) is 4.04. The predicted octanol–water partition coefficient (Wildman–Crippen LogP) is 1.34. The summed E-state index contributed by atoms with van der Waals surface area (Å²) in [4.78, 5) is 3.98. The van der Waals surface area contributed by atoms with Crippen molar-refractivity contribution in [1.29, 1.82) is 0 Å². The van der Waals surface area contributed by atoms with Gasteiger partial charge in [-0.2, -0.15) is 0 Å². The van der Waals surface area contributed by atoms with Gasteiger partial charge in [-0.15, -0.1) is 0 Å². The number of halogens is 1. The second-order valence-corrected chi connectivity index (χ2v) is 6.72. The van der Waals surface area contributed by atoms with Crippen LogP contribution in [0.15, 0.2) is 22.8 Å². The molecule has 0 aromatic carbocycles. The topological polar surface area (TPSA) is 71.1 Å². The van der Waals surface area contributed by atoms with Crippen LogP contribution in [0.3, 0.4) is 0 Å². The molecule has 5 nitrogen and oxygen atoms in total. The third-order valence-corrected chi connectivity index (χ3v) is 4.40. The molecule has 7 heteroatoms. The van der Waals surface area contributed by atoms with Gasteiger partial charge >= 0.3 is 0 Å². The van der Waals surface area contributed by atoms with Crippen LogP contribution in [0, 0.1) is 0 Å². The molecule has 1 saturated heterocycles. The Bertz CT molecular complexity index is 469. The average Bonchev–Trinajstić information content (AvgIpc) is 2.73. The molecule has 0 aliphatic carbocycles. The Morgan fingerprint density at radius 3 is 2.94 bits per heavy atom. The van der Waals surface area contributed by atoms with E-state index in [0.717, 1.165) is 23.9 Å². The normalized spacial score (nSPS) is 20.4. The van der Waals surface area contributed by atoms with Crippen LogP contribution in [0.1, 0.15) is 12.8 Å². The molecule has 0 radical (unpaired) electrons. The summed E-state index contributed by atoms with van der Waals surface area (Å²) in [6.07, 6.45) is 3.51. The van der Waals surface area contributed by atoms with Gasteiger partial charge in [0, 0.05) is 16.7 Å². The lowest BCUT2D eigenvalue weighted by Gasteiger charge is -2.12. The smallest absolute Gasteiger partial charge is 0.235 e. The molecule has 1 atom stereocenters. The minimum absolute atomic E-state index is 0.0583. The van der Waals surface area contributed by atoms with Crippen LogP contribution in [-0.2, 0) is 10.0 Å². The molecule has 1 aromatic heterocycles. The number of nitrogens with one attached hydrogen (secondary N) is 2. The van der Waals surface area contributed by atoms with Crippen molar-refractivity contribution in [3.63, 3.8) is 0 Å². The fourth-order valence-corrected chi connectivity index (χ4v) is 3.37. The molecule has 2 rings (SSSR count). The zero-order valence-corrected chi connectivity index (χ0v) is 11.6. The van der Waals surface area contributed by atoms with E-state index in [9.17, 15) is 8.42 Å². The molecule has 94 valence electrons. The minimum Gasteiger partial charge on any atom is -0.313 e. The van der Waals surface area contributed by atoms with E-state index in [4.69, 9.17) is 0 Å². The second kappa shape index (κ2) is 5.32. The molecule has 1 aliphatic heterocycles. The van der Waals surface area contributed by atoms with Gasteiger partial charge in [0.15, 0.2) is 0 Å². The molecule has 0 bridgehead atoms. The quantitative estimate of drug-likeness (QED) is 0.878. The number of nitrogens with zero attached hydrogens (tertiary/aromatic N) is 1. The first-order valence-electron chi connectivity index (χ1n) is 5.41. The maximum atomic E-state index is 11.8. The van der Waals surface area contributed by atoms with Crippen molar-refractivity contribution < 1.29 is 8.42 Å². The summed E-state index contributed by atoms with van der Waals surface area (Å²) in [6, 6.07) is 3.44. The minimum atomic E-state index is -3.32. The van der Waals surface area contributed by atoms with Gasteiger partial charge in [-0.1, -0.05) is 0 Å². The summed E-state index contributed by atoms with van der Waals surface area (Å²) >= 11 is 3.25. The lowest BCUT2D eigenvalue weighted by atomic mass is 10.3. The van der Waals surface area contributed by atoms with E-state index in [2.05, 4.69) is 31.0 Å². The van der Waals surface area contributed by atoms with Gasteiger partial charge in [0.1, 0.15) is 5.82 Å². The van der Waals surface area contributed by atoms with Crippen molar-refractivity contribution in [2.45, 2.75) is 18.9 Å². The first kappa shape index (κ1) is 12.8. The third-order valence-electron chi connectivity index (χ3n) is 2.57. The number of hydrogen-bond donors (Lipinski definition) is 2. The zero-order chi connectivity index (χ0) is 12.3. The molecule has 1 unspecified atom stereocenters. The van der Waals surface area contributed by atoms with E-state index in [1.807, 2.05) is 0 Å². The van der Waals surface area contributed by atoms with Gasteiger partial charge < -0.3 is 5.32 Å². The van der Waals surface area contributed by atoms with Gasteiger partial charge in [0.25, 0.3) is 0 Å². The molecule has 2 heterocycles. The predicted molar refractivity (Wildman–Crippen MR) is 70.4 cm³/mol. The van der Waals surface area contributed by atoms with E-state index in [0.29, 0.717) is 5.82 Å². The van der Waals surface area contributed by atoms with Crippen molar-refractivity contribution >= 4 is 31.8 Å². The van der Waals surface area contributed by atoms with Crippen LogP contribution in [0.4, 0.5) is 5.82 Å². The molecule has 1 aliphatic rings. The Labute approximate surface area is 109 Å². The van der Waals surface area contributed by atoms with Crippen LogP contribution in [0.5, 0.6) is 0 Å². The SMILES string of the molecule is O=S(=O)(CC1CCCN1)Nc1ccc(Br)cn1. The number of anilines is 1. The van der Waals surface area contributed by atoms with E-state index >= 15 is 0 Å². The Balaban J connectivity index is 1.98. The first-order chi connectivity index (χ1) is 8.05. The standard InChI is InChI=1S/C10H14BrN3O2S/c11-8-3-4-10(13-6-8)14-17(15,16)7-9-2-1-5-12-9/h3-4,6,9,12H,1-2,5,7H2,(H,13,14). The van der Waals surface area contributed by atoms with Crippen LogP contribution >= 0.6 is 15.9 Å². The largest absolute Gasteiger partial charge is 0.313 e. The van der Waals surface area contributed by atoms with E-state index < -0.39 is 10.0 Å². The van der Waals surface area contributed by atoms with Crippen LogP contribution < -0.4 is 10.0 Å². The lowest BCUT2D eigenvalue weighted by molar-refractivity contribution is 0.581. The monoisotopic (exact) mass is 319 g/mol. The van der Waals surface area contributed by atoms with Crippen LogP contribution in [0.25, 0.3) is 0 Å². The van der Waals surface area contributed by atoms with E-state index in [-0.39, 0.29) is 11.8 Å². The molecule has 0 spiro atoms. The molecule has 0 amide bonds. The fraction of sp³-hybridized carbons (Fsp3) is 0.500. The number of aromatic nitrogens is 1. The van der Waals surface area contributed by atoms with Gasteiger partial charge in [0.05, 0.1) is 5.75 Å². The summed E-state index contributed by atoms with van der Waals surface area (Å²) in [6.45, 7) is 0.900. The third kappa shape index (κ3) is 3.93. The van der Waals surface area contributed by atoms with E-state index in [1.54, 1.807) is 18.3 Å². The molecule has 17 heavy (non-hydrogen) atoms. The Kier molecular flexibility index (Phi) is 4.01. The van der Waals surface area contributed by atoms with Crippen molar-refractivity contribution in [3.8, 4) is 0 Å². The summed E-state index contributed by atoms with van der Waals surface area (Å²) < 4.78 is 27.0. The lowest BCUT2D eigenvalue weighted by Crippen LogP contribution is -2.32. The van der Waals surface area contributed by atoms with Gasteiger partial charge in [-0.25, -0.2) is 13.4 Å². The van der Waals surface area contributed by atoms with Crippen LogP contribution in [-0.4, -0.2) is 31.7 Å². The summed E-state index contributed by atoms with van der Waals surface area (Å²) in [7, 11) is -3.32. The molecule has 2 N–H and O–H groups in total. The Hall–Kier alpha value is -0.660. The van der Waals surface area contributed by atoms with Gasteiger partial charge in [-0.3, -0.25) is 4.72 Å². The van der Waals surface area contributed by atoms with Gasteiger partial charge in [-0.05, 0) is 47.4 Å². The molecule has 1 fully saturated rings. The number of rotatable bonds is 4. The number of hydrogen-bond acceptors (Lipinski definition) is 4. The zero-order valence-electron chi connectivity index (χ0n) is 9.19. The van der Waals surface area contributed by atoms with Crippen molar-refractivity contribution in [2.24, 2.45) is 0 Å². The molecule has 0 saturated carbocycles.